The average Bonchev–Trinajstić information content (AvgIpc) is 2.78. The van der Waals surface area contributed by atoms with Gasteiger partial charge in [0.25, 0.3) is 0 Å². The van der Waals surface area contributed by atoms with Crippen molar-refractivity contribution < 1.29 is 9.13 Å². The molecule has 0 unspecified atom stereocenters. The van der Waals surface area contributed by atoms with Crippen molar-refractivity contribution in [1.82, 2.24) is 0 Å². The molecule has 57 valence electrons. The molecule has 0 saturated heterocycles. The molecule has 0 aromatic heterocycles. The summed E-state index contributed by atoms with van der Waals surface area (Å²) in [6, 6.07) is 7.19. The van der Waals surface area contributed by atoms with Crippen molar-refractivity contribution in [3.8, 4) is 5.75 Å². The SMILES string of the molecule is Fc1c[c]ccc1OC1CC1. The lowest BCUT2D eigenvalue weighted by Crippen LogP contribution is -1.97. The maximum absolute atomic E-state index is 12.8. The molecule has 1 aromatic carbocycles. The molecule has 1 fully saturated rings. The van der Waals surface area contributed by atoms with E-state index < -0.39 is 0 Å². The van der Waals surface area contributed by atoms with Crippen molar-refractivity contribution in [2.45, 2.75) is 18.9 Å². The summed E-state index contributed by atoms with van der Waals surface area (Å²) in [6.07, 6.45) is 2.36. The van der Waals surface area contributed by atoms with Crippen molar-refractivity contribution in [3.05, 3.63) is 30.1 Å². The van der Waals surface area contributed by atoms with E-state index in [-0.39, 0.29) is 11.9 Å². The molecule has 2 rings (SSSR count). The molecule has 0 amide bonds. The fraction of sp³-hybridized carbons (Fsp3) is 0.333. The van der Waals surface area contributed by atoms with Gasteiger partial charge in [-0.1, -0.05) is 6.07 Å². The summed E-state index contributed by atoms with van der Waals surface area (Å²) in [7, 11) is 0. The minimum Gasteiger partial charge on any atom is -0.487 e. The first-order valence-corrected chi connectivity index (χ1v) is 3.68. The molecule has 0 aliphatic heterocycles. The molecule has 1 aromatic rings. The minimum absolute atomic E-state index is 0.256. The smallest absolute Gasteiger partial charge is 0.165 e. The van der Waals surface area contributed by atoms with Crippen molar-refractivity contribution in [2.24, 2.45) is 0 Å². The quantitative estimate of drug-likeness (QED) is 0.629. The molecular formula is C9H8FO. The molecule has 1 aliphatic carbocycles. The van der Waals surface area contributed by atoms with Gasteiger partial charge in [-0.2, -0.15) is 0 Å². The van der Waals surface area contributed by atoms with Crippen molar-refractivity contribution in [2.75, 3.05) is 0 Å². The predicted molar refractivity (Wildman–Crippen MR) is 38.9 cm³/mol. The van der Waals surface area contributed by atoms with E-state index in [9.17, 15) is 4.39 Å². The second kappa shape index (κ2) is 2.53. The third kappa shape index (κ3) is 1.50. The molecule has 2 heteroatoms. The zero-order chi connectivity index (χ0) is 7.68. The van der Waals surface area contributed by atoms with Gasteiger partial charge in [-0.25, -0.2) is 4.39 Å². The molecule has 1 aliphatic rings. The van der Waals surface area contributed by atoms with E-state index in [0.29, 0.717) is 5.75 Å². The van der Waals surface area contributed by atoms with E-state index in [0.717, 1.165) is 12.8 Å². The number of rotatable bonds is 2. The highest BCUT2D eigenvalue weighted by atomic mass is 19.1. The molecule has 0 spiro atoms. The summed E-state index contributed by atoms with van der Waals surface area (Å²) >= 11 is 0. The van der Waals surface area contributed by atoms with Crippen LogP contribution < -0.4 is 4.74 Å². The Kier molecular flexibility index (Phi) is 1.53. The van der Waals surface area contributed by atoms with Gasteiger partial charge in [-0.05, 0) is 31.0 Å². The van der Waals surface area contributed by atoms with Crippen molar-refractivity contribution in [1.29, 1.82) is 0 Å². The number of hydrogen-bond donors (Lipinski definition) is 0. The summed E-state index contributed by atoms with van der Waals surface area (Å²) in [5.41, 5.74) is 0. The molecule has 1 nitrogen and oxygen atoms in total. The van der Waals surface area contributed by atoms with E-state index >= 15 is 0 Å². The van der Waals surface area contributed by atoms with Crippen LogP contribution in [0.5, 0.6) is 5.75 Å². The Morgan fingerprint density at radius 1 is 1.55 bits per heavy atom. The Balaban J connectivity index is 2.15. The van der Waals surface area contributed by atoms with Gasteiger partial charge in [0.15, 0.2) is 11.6 Å². The van der Waals surface area contributed by atoms with Crippen LogP contribution in [-0.4, -0.2) is 6.10 Å². The standard InChI is InChI=1S/C9H8FO/c10-8-3-1-2-4-9(8)11-7-5-6-7/h2-4,7H,5-6H2. The highest BCUT2D eigenvalue weighted by Crippen LogP contribution is 2.27. The Hall–Kier alpha value is -1.05. The largest absolute Gasteiger partial charge is 0.487 e. The van der Waals surface area contributed by atoms with Crippen LogP contribution in [0.15, 0.2) is 18.2 Å². The van der Waals surface area contributed by atoms with Gasteiger partial charge < -0.3 is 4.74 Å². The zero-order valence-electron chi connectivity index (χ0n) is 6.01. The molecule has 11 heavy (non-hydrogen) atoms. The Morgan fingerprint density at radius 2 is 2.36 bits per heavy atom. The van der Waals surface area contributed by atoms with Crippen LogP contribution >= 0.6 is 0 Å². The summed E-state index contributed by atoms with van der Waals surface area (Å²) in [4.78, 5) is 0. The van der Waals surface area contributed by atoms with Crippen LogP contribution in [-0.2, 0) is 0 Å². The van der Waals surface area contributed by atoms with Crippen LogP contribution in [0.3, 0.4) is 0 Å². The molecule has 0 bridgehead atoms. The van der Waals surface area contributed by atoms with Gasteiger partial charge in [0.05, 0.1) is 6.10 Å². The molecule has 1 radical (unpaired) electrons. The van der Waals surface area contributed by atoms with E-state index in [4.69, 9.17) is 4.74 Å². The number of halogens is 1. The van der Waals surface area contributed by atoms with E-state index in [1.54, 1.807) is 12.1 Å². The van der Waals surface area contributed by atoms with Gasteiger partial charge in [0, 0.05) is 0 Å². The second-order valence-corrected chi connectivity index (χ2v) is 2.67. The van der Waals surface area contributed by atoms with Crippen LogP contribution in [0.25, 0.3) is 0 Å². The maximum Gasteiger partial charge on any atom is 0.165 e. The molecule has 0 heterocycles. The van der Waals surface area contributed by atoms with Gasteiger partial charge in [-0.15, -0.1) is 0 Å². The predicted octanol–water partition coefficient (Wildman–Crippen LogP) is 2.17. The lowest BCUT2D eigenvalue weighted by Gasteiger charge is -2.03. The van der Waals surface area contributed by atoms with Gasteiger partial charge in [0.2, 0.25) is 0 Å². The first-order valence-electron chi connectivity index (χ1n) is 3.68. The fourth-order valence-electron chi connectivity index (χ4n) is 0.857. The summed E-state index contributed by atoms with van der Waals surface area (Å²) in [5.74, 6) is 0.0330. The lowest BCUT2D eigenvalue weighted by molar-refractivity contribution is 0.287. The van der Waals surface area contributed by atoms with E-state index in [1.165, 1.54) is 6.07 Å². The molecule has 0 N–H and O–H groups in total. The monoisotopic (exact) mass is 151 g/mol. The van der Waals surface area contributed by atoms with E-state index in [2.05, 4.69) is 6.07 Å². The zero-order valence-corrected chi connectivity index (χ0v) is 6.01. The van der Waals surface area contributed by atoms with Crippen LogP contribution in [0.2, 0.25) is 0 Å². The summed E-state index contributed by atoms with van der Waals surface area (Å²) in [6.45, 7) is 0. The van der Waals surface area contributed by atoms with Crippen LogP contribution in [0.4, 0.5) is 4.39 Å². The van der Waals surface area contributed by atoms with Crippen molar-refractivity contribution >= 4 is 0 Å². The maximum atomic E-state index is 12.8. The summed E-state index contributed by atoms with van der Waals surface area (Å²) in [5, 5.41) is 0. The van der Waals surface area contributed by atoms with Gasteiger partial charge in [0.1, 0.15) is 0 Å². The minimum atomic E-state index is -0.320. The third-order valence-corrected chi connectivity index (χ3v) is 1.59. The molecular weight excluding hydrogens is 143 g/mol. The average molecular weight is 151 g/mol. The topological polar surface area (TPSA) is 9.23 Å². The first-order chi connectivity index (χ1) is 5.36. The Morgan fingerprint density at radius 3 is 3.00 bits per heavy atom. The highest BCUT2D eigenvalue weighted by Gasteiger charge is 2.24. The second-order valence-electron chi connectivity index (χ2n) is 2.67. The highest BCUT2D eigenvalue weighted by molar-refractivity contribution is 5.23. The molecule has 0 atom stereocenters. The summed E-state index contributed by atoms with van der Waals surface area (Å²) < 4.78 is 18.1. The number of benzene rings is 1. The van der Waals surface area contributed by atoms with Crippen molar-refractivity contribution in [3.63, 3.8) is 0 Å². The van der Waals surface area contributed by atoms with E-state index in [1.807, 2.05) is 0 Å². The normalized spacial score (nSPS) is 16.5. The molecule has 1 saturated carbocycles. The first kappa shape index (κ1) is 6.65. The van der Waals surface area contributed by atoms with Crippen LogP contribution in [0, 0.1) is 11.9 Å². The van der Waals surface area contributed by atoms with Gasteiger partial charge >= 0.3 is 0 Å². The lowest BCUT2D eigenvalue weighted by atomic mass is 10.3. The third-order valence-electron chi connectivity index (χ3n) is 1.59. The Bertz CT molecular complexity index is 255. The fourth-order valence-corrected chi connectivity index (χ4v) is 0.857. The van der Waals surface area contributed by atoms with Gasteiger partial charge in [-0.3, -0.25) is 0 Å². The van der Waals surface area contributed by atoms with Crippen LogP contribution in [0.1, 0.15) is 12.8 Å². The number of hydrogen-bond acceptors (Lipinski definition) is 1. The Labute approximate surface area is 64.8 Å². The number of ether oxygens (including phenoxy) is 1.